The number of hydrogen-bond acceptors (Lipinski definition) is 5. The maximum absolute atomic E-state index is 10.9. The highest BCUT2D eigenvalue weighted by Crippen LogP contribution is 2.22. The number of carboxylic acids is 1. The van der Waals surface area contributed by atoms with Crippen LogP contribution in [0, 0.1) is 12.8 Å². The van der Waals surface area contributed by atoms with Crippen molar-refractivity contribution in [2.24, 2.45) is 5.92 Å². The van der Waals surface area contributed by atoms with Gasteiger partial charge in [0.05, 0.1) is 23.2 Å². The molecule has 1 fully saturated rings. The number of thiazole rings is 1. The van der Waals surface area contributed by atoms with Gasteiger partial charge in [-0.3, -0.25) is 9.69 Å². The fourth-order valence-corrected chi connectivity index (χ4v) is 2.93. The Morgan fingerprint density at radius 2 is 2.47 bits per heavy atom. The molecule has 0 radical (unpaired) electrons. The predicted molar refractivity (Wildman–Crippen MR) is 63.9 cm³/mol. The van der Waals surface area contributed by atoms with Crippen molar-refractivity contribution in [3.63, 3.8) is 0 Å². The van der Waals surface area contributed by atoms with Crippen LogP contribution < -0.4 is 0 Å². The quantitative estimate of drug-likeness (QED) is 0.833. The molecule has 0 amide bonds. The zero-order valence-electron chi connectivity index (χ0n) is 9.67. The summed E-state index contributed by atoms with van der Waals surface area (Å²) in [6, 6.07) is 0. The summed E-state index contributed by atoms with van der Waals surface area (Å²) in [5.41, 5.74) is 2.83. The lowest BCUT2D eigenvalue weighted by atomic mass is 9.94. The smallest absolute Gasteiger partial charge is 0.309 e. The lowest BCUT2D eigenvalue weighted by molar-refractivity contribution is -0.148. The van der Waals surface area contributed by atoms with E-state index in [9.17, 15) is 9.90 Å². The molecule has 2 heterocycles. The molecule has 5 nitrogen and oxygen atoms in total. The fraction of sp³-hybridized carbons (Fsp3) is 0.636. The summed E-state index contributed by atoms with van der Waals surface area (Å²) >= 11 is 1.60. The molecular formula is C11H16N2O3S. The van der Waals surface area contributed by atoms with E-state index in [1.54, 1.807) is 11.3 Å². The van der Waals surface area contributed by atoms with E-state index < -0.39 is 18.0 Å². The molecule has 6 heteroatoms. The Hall–Kier alpha value is -0.980. The molecule has 0 aromatic carbocycles. The van der Waals surface area contributed by atoms with E-state index in [1.807, 2.05) is 12.4 Å². The summed E-state index contributed by atoms with van der Waals surface area (Å²) in [7, 11) is 0. The molecule has 1 aromatic rings. The maximum Gasteiger partial charge on any atom is 0.309 e. The summed E-state index contributed by atoms with van der Waals surface area (Å²) < 4.78 is 0. The second kappa shape index (κ2) is 5.12. The predicted octanol–water partition coefficient (Wildman–Crippen LogP) is 0.719. The number of carbonyl (C=O) groups is 1. The van der Waals surface area contributed by atoms with Gasteiger partial charge in [0.1, 0.15) is 0 Å². The second-order valence-corrected chi connectivity index (χ2v) is 5.34. The van der Waals surface area contributed by atoms with Crippen molar-refractivity contribution in [2.45, 2.75) is 26.0 Å². The van der Waals surface area contributed by atoms with E-state index in [-0.39, 0.29) is 0 Å². The van der Waals surface area contributed by atoms with Crippen molar-refractivity contribution < 1.29 is 15.0 Å². The van der Waals surface area contributed by atoms with Crippen LogP contribution >= 0.6 is 11.3 Å². The third-order valence-electron chi connectivity index (χ3n) is 3.20. The largest absolute Gasteiger partial charge is 0.481 e. The Labute approximate surface area is 104 Å². The van der Waals surface area contributed by atoms with Gasteiger partial charge in [0, 0.05) is 18.0 Å². The number of carboxylic acid groups (broad SMARTS) is 1. The molecule has 17 heavy (non-hydrogen) atoms. The van der Waals surface area contributed by atoms with Crippen LogP contribution in [0.4, 0.5) is 0 Å². The maximum atomic E-state index is 10.9. The van der Waals surface area contributed by atoms with Gasteiger partial charge in [0.2, 0.25) is 0 Å². The first-order chi connectivity index (χ1) is 8.08. The van der Waals surface area contributed by atoms with Crippen LogP contribution in [-0.4, -0.2) is 45.3 Å². The van der Waals surface area contributed by atoms with Crippen molar-refractivity contribution in [3.05, 3.63) is 16.1 Å². The number of nitrogens with zero attached hydrogens (tertiary/aromatic N) is 2. The first kappa shape index (κ1) is 12.5. The van der Waals surface area contributed by atoms with Gasteiger partial charge in [-0.05, 0) is 19.9 Å². The summed E-state index contributed by atoms with van der Waals surface area (Å²) in [6.45, 7) is 3.85. The van der Waals surface area contributed by atoms with Gasteiger partial charge in [-0.25, -0.2) is 4.98 Å². The molecule has 0 spiro atoms. The second-order valence-electron chi connectivity index (χ2n) is 4.40. The van der Waals surface area contributed by atoms with E-state index in [2.05, 4.69) is 9.88 Å². The highest BCUT2D eigenvalue weighted by molar-refractivity contribution is 7.09. The Balaban J connectivity index is 1.94. The number of hydrogen-bond donors (Lipinski definition) is 2. The van der Waals surface area contributed by atoms with E-state index in [1.165, 1.54) is 4.88 Å². The Bertz CT molecular complexity index is 407. The molecule has 2 N–H and O–H groups in total. The number of aromatic nitrogens is 1. The lowest BCUT2D eigenvalue weighted by Crippen LogP contribution is -2.46. The van der Waals surface area contributed by atoms with Gasteiger partial charge in [0.25, 0.3) is 0 Å². The SMILES string of the molecule is Cc1ncsc1CN1CC[C@H](C(=O)O)[C@H](O)C1. The van der Waals surface area contributed by atoms with Crippen molar-refractivity contribution in [1.29, 1.82) is 0 Å². The summed E-state index contributed by atoms with van der Waals surface area (Å²) in [5, 5.41) is 18.7. The van der Waals surface area contributed by atoms with Crippen LogP contribution in [0.25, 0.3) is 0 Å². The number of aryl methyl sites for hydroxylation is 1. The average Bonchev–Trinajstić information content (AvgIpc) is 2.64. The Morgan fingerprint density at radius 1 is 1.71 bits per heavy atom. The van der Waals surface area contributed by atoms with Gasteiger partial charge in [-0.1, -0.05) is 0 Å². The van der Waals surface area contributed by atoms with Gasteiger partial charge in [-0.15, -0.1) is 11.3 Å². The van der Waals surface area contributed by atoms with Gasteiger partial charge < -0.3 is 10.2 Å². The summed E-state index contributed by atoms with van der Waals surface area (Å²) in [4.78, 5) is 18.3. The van der Waals surface area contributed by atoms with Crippen LogP contribution in [0.5, 0.6) is 0 Å². The number of aliphatic carboxylic acids is 1. The van der Waals surface area contributed by atoms with Gasteiger partial charge in [-0.2, -0.15) is 0 Å². The molecule has 0 unspecified atom stereocenters. The van der Waals surface area contributed by atoms with Crippen LogP contribution in [0.3, 0.4) is 0 Å². The molecule has 1 aliphatic rings. The lowest BCUT2D eigenvalue weighted by Gasteiger charge is -2.33. The monoisotopic (exact) mass is 256 g/mol. The zero-order chi connectivity index (χ0) is 12.4. The normalized spacial score (nSPS) is 26.0. The summed E-state index contributed by atoms with van der Waals surface area (Å²) in [5.74, 6) is -1.51. The Morgan fingerprint density at radius 3 is 3.00 bits per heavy atom. The standard InChI is InChI=1S/C11H16N2O3S/c1-7-10(17-6-12-7)5-13-3-2-8(11(15)16)9(14)4-13/h6,8-9,14H,2-5H2,1H3,(H,15,16)/t8-,9+/m0/s1. The topological polar surface area (TPSA) is 73.7 Å². The third kappa shape index (κ3) is 2.83. The number of likely N-dealkylation sites (tertiary alicyclic amines) is 1. The van der Waals surface area contributed by atoms with E-state index in [4.69, 9.17) is 5.11 Å². The van der Waals surface area contributed by atoms with E-state index >= 15 is 0 Å². The van der Waals surface area contributed by atoms with Crippen LogP contribution in [-0.2, 0) is 11.3 Å². The fourth-order valence-electron chi connectivity index (χ4n) is 2.11. The van der Waals surface area contributed by atoms with Crippen LogP contribution in [0.1, 0.15) is 17.0 Å². The molecular weight excluding hydrogens is 240 g/mol. The highest BCUT2D eigenvalue weighted by Gasteiger charge is 2.32. The van der Waals surface area contributed by atoms with Crippen molar-refractivity contribution in [2.75, 3.05) is 13.1 Å². The number of aliphatic hydroxyl groups excluding tert-OH is 1. The first-order valence-corrected chi connectivity index (χ1v) is 6.48. The van der Waals surface area contributed by atoms with Crippen LogP contribution in [0.15, 0.2) is 5.51 Å². The molecule has 0 aliphatic carbocycles. The molecule has 94 valence electrons. The molecule has 1 aromatic heterocycles. The highest BCUT2D eigenvalue weighted by atomic mass is 32.1. The third-order valence-corrected chi connectivity index (χ3v) is 4.12. The van der Waals surface area contributed by atoms with Crippen LogP contribution in [0.2, 0.25) is 0 Å². The number of piperidine rings is 1. The number of rotatable bonds is 3. The molecule has 2 rings (SSSR count). The van der Waals surface area contributed by atoms with Crippen molar-refractivity contribution >= 4 is 17.3 Å². The van der Waals surface area contributed by atoms with Crippen molar-refractivity contribution in [3.8, 4) is 0 Å². The molecule has 2 atom stereocenters. The van der Waals surface area contributed by atoms with E-state index in [0.717, 1.165) is 12.2 Å². The van der Waals surface area contributed by atoms with Crippen molar-refractivity contribution in [1.82, 2.24) is 9.88 Å². The average molecular weight is 256 g/mol. The van der Waals surface area contributed by atoms with Gasteiger partial charge >= 0.3 is 5.97 Å². The molecule has 1 saturated heterocycles. The number of β-amino-alcohol motifs (C(OH)–C–C–N with tert-alkyl or cyclic N) is 1. The molecule has 0 bridgehead atoms. The first-order valence-electron chi connectivity index (χ1n) is 5.60. The zero-order valence-corrected chi connectivity index (χ0v) is 10.5. The Kier molecular flexibility index (Phi) is 3.76. The van der Waals surface area contributed by atoms with Gasteiger partial charge in [0.15, 0.2) is 0 Å². The minimum Gasteiger partial charge on any atom is -0.481 e. The van der Waals surface area contributed by atoms with E-state index in [0.29, 0.717) is 19.5 Å². The minimum atomic E-state index is -0.897. The molecule has 0 saturated carbocycles. The summed E-state index contributed by atoms with van der Waals surface area (Å²) in [6.07, 6.45) is -0.261. The molecule has 1 aliphatic heterocycles. The minimum absolute atomic E-state index is 0.425. The number of aliphatic hydroxyl groups is 1.